The van der Waals surface area contributed by atoms with Gasteiger partial charge in [0, 0.05) is 17.5 Å². The fraction of sp³-hybridized carbons (Fsp3) is 0.278. The van der Waals surface area contributed by atoms with Gasteiger partial charge in [-0.15, -0.1) is 21.5 Å². The van der Waals surface area contributed by atoms with E-state index in [0.29, 0.717) is 33.3 Å². The van der Waals surface area contributed by atoms with Gasteiger partial charge < -0.3 is 19.4 Å². The Morgan fingerprint density at radius 1 is 1.26 bits per heavy atom. The average Bonchev–Trinajstić information content (AvgIpc) is 3.21. The van der Waals surface area contributed by atoms with Crippen LogP contribution in [0.4, 0.5) is 5.69 Å². The molecule has 0 spiro atoms. The van der Waals surface area contributed by atoms with Gasteiger partial charge in [-0.1, -0.05) is 0 Å². The van der Waals surface area contributed by atoms with Crippen molar-refractivity contribution in [2.45, 2.75) is 18.9 Å². The van der Waals surface area contributed by atoms with E-state index < -0.39 is 0 Å². The molecule has 1 aliphatic rings. The number of halogens is 1. The van der Waals surface area contributed by atoms with Gasteiger partial charge in [-0.2, -0.15) is 0 Å². The number of carbonyl (C=O) groups excluding carboxylic acids is 1. The number of anilines is 1. The number of methoxy groups -OCH3 is 2. The second-order valence-electron chi connectivity index (χ2n) is 6.13. The molecule has 1 N–H and O–H groups in total. The number of hydrogen-bond donors (Lipinski definition) is 1. The minimum Gasteiger partial charge on any atom is -0.496 e. The molecule has 27 heavy (non-hydrogen) atoms. The molecule has 0 unspecified atom stereocenters. The summed E-state index contributed by atoms with van der Waals surface area (Å²) in [7, 11) is 3.08. The third-order valence-corrected chi connectivity index (χ3v) is 5.86. The molecular formula is C18H17BrN4O3S. The van der Waals surface area contributed by atoms with Crippen LogP contribution >= 0.6 is 27.3 Å². The van der Waals surface area contributed by atoms with E-state index in [-0.39, 0.29) is 5.91 Å². The Labute approximate surface area is 168 Å². The molecule has 1 fully saturated rings. The zero-order valence-corrected chi connectivity index (χ0v) is 17.1. The summed E-state index contributed by atoms with van der Waals surface area (Å²) in [5.41, 5.74) is 1.12. The summed E-state index contributed by atoms with van der Waals surface area (Å²) in [6, 6.07) is 5.77. The van der Waals surface area contributed by atoms with Crippen LogP contribution in [0, 0.1) is 0 Å². The van der Waals surface area contributed by atoms with Crippen molar-refractivity contribution in [3.63, 3.8) is 0 Å². The van der Waals surface area contributed by atoms with E-state index in [1.54, 1.807) is 25.6 Å². The van der Waals surface area contributed by atoms with E-state index in [9.17, 15) is 4.79 Å². The molecule has 2 aromatic heterocycles. The molecule has 0 bridgehead atoms. The van der Waals surface area contributed by atoms with Crippen LogP contribution in [0.3, 0.4) is 0 Å². The van der Waals surface area contributed by atoms with Gasteiger partial charge in [0.2, 0.25) is 0 Å². The molecule has 1 amide bonds. The van der Waals surface area contributed by atoms with Gasteiger partial charge >= 0.3 is 0 Å². The number of rotatable bonds is 6. The minimum absolute atomic E-state index is 0.261. The summed E-state index contributed by atoms with van der Waals surface area (Å²) in [5.74, 6) is 1.62. The van der Waals surface area contributed by atoms with Crippen LogP contribution in [-0.4, -0.2) is 34.9 Å². The summed E-state index contributed by atoms with van der Waals surface area (Å²) in [6.45, 7) is 0. The third-order valence-electron chi connectivity index (χ3n) is 4.31. The van der Waals surface area contributed by atoms with E-state index in [1.807, 2.05) is 11.4 Å². The first-order valence-electron chi connectivity index (χ1n) is 8.32. The second kappa shape index (κ2) is 7.32. The van der Waals surface area contributed by atoms with E-state index >= 15 is 0 Å². The van der Waals surface area contributed by atoms with E-state index in [4.69, 9.17) is 9.47 Å². The van der Waals surface area contributed by atoms with E-state index in [1.165, 1.54) is 18.4 Å². The predicted molar refractivity (Wildman–Crippen MR) is 107 cm³/mol. The Kier molecular flexibility index (Phi) is 4.88. The Bertz CT molecular complexity index is 996. The summed E-state index contributed by atoms with van der Waals surface area (Å²) in [6.07, 6.45) is 4.09. The predicted octanol–water partition coefficient (Wildman–Crippen LogP) is 4.37. The highest BCUT2D eigenvalue weighted by molar-refractivity contribution is 9.10. The molecule has 1 aliphatic carbocycles. The molecule has 0 aliphatic heterocycles. The topological polar surface area (TPSA) is 78.3 Å². The monoisotopic (exact) mass is 448 g/mol. The largest absolute Gasteiger partial charge is 0.496 e. The number of amides is 1. The Morgan fingerprint density at radius 2 is 2.04 bits per heavy atom. The maximum absolute atomic E-state index is 12.7. The van der Waals surface area contributed by atoms with Crippen LogP contribution in [0.5, 0.6) is 11.5 Å². The van der Waals surface area contributed by atoms with Crippen molar-refractivity contribution in [3.8, 4) is 22.2 Å². The molecule has 140 valence electrons. The van der Waals surface area contributed by atoms with Gasteiger partial charge in [0.05, 0.1) is 34.8 Å². The summed E-state index contributed by atoms with van der Waals surface area (Å²) >= 11 is 4.93. The maximum atomic E-state index is 12.7. The Balaban J connectivity index is 1.56. The smallest absolute Gasteiger partial charge is 0.259 e. The molecule has 1 aromatic carbocycles. The minimum atomic E-state index is -0.261. The fourth-order valence-electron chi connectivity index (χ4n) is 2.79. The lowest BCUT2D eigenvalue weighted by Gasteiger charge is -2.12. The third kappa shape index (κ3) is 3.57. The van der Waals surface area contributed by atoms with Gasteiger partial charge in [0.25, 0.3) is 5.91 Å². The number of ether oxygens (including phenoxy) is 2. The molecule has 3 aromatic rings. The lowest BCUT2D eigenvalue weighted by atomic mass is 10.1. The van der Waals surface area contributed by atoms with Crippen molar-refractivity contribution in [2.75, 3.05) is 19.5 Å². The molecule has 9 heteroatoms. The van der Waals surface area contributed by atoms with Crippen LogP contribution in [0.25, 0.3) is 10.7 Å². The van der Waals surface area contributed by atoms with Gasteiger partial charge in [0.15, 0.2) is 5.82 Å². The zero-order chi connectivity index (χ0) is 19.0. The molecular weight excluding hydrogens is 432 g/mol. The Hall–Kier alpha value is -2.39. The fourth-order valence-corrected chi connectivity index (χ4v) is 4.13. The highest BCUT2D eigenvalue weighted by Gasteiger charge is 2.27. The molecule has 1 saturated carbocycles. The maximum Gasteiger partial charge on any atom is 0.259 e. The van der Waals surface area contributed by atoms with Crippen LogP contribution < -0.4 is 14.8 Å². The van der Waals surface area contributed by atoms with Crippen LogP contribution in [-0.2, 0) is 0 Å². The van der Waals surface area contributed by atoms with Crippen LogP contribution in [0.2, 0.25) is 0 Å². The molecule has 4 rings (SSSR count). The van der Waals surface area contributed by atoms with Crippen molar-refractivity contribution in [3.05, 3.63) is 39.9 Å². The van der Waals surface area contributed by atoms with Crippen molar-refractivity contribution >= 4 is 38.9 Å². The number of benzene rings is 1. The molecule has 0 saturated heterocycles. The number of nitrogens with zero attached hydrogens (tertiary/aromatic N) is 3. The zero-order valence-electron chi connectivity index (χ0n) is 14.7. The van der Waals surface area contributed by atoms with Crippen molar-refractivity contribution in [1.29, 1.82) is 0 Å². The van der Waals surface area contributed by atoms with E-state index in [0.717, 1.165) is 23.5 Å². The molecule has 7 nitrogen and oxygen atoms in total. The normalized spacial score (nSPS) is 13.4. The number of carbonyl (C=O) groups is 1. The van der Waals surface area contributed by atoms with E-state index in [2.05, 4.69) is 36.0 Å². The SMILES string of the molecule is COc1cc(OC)c(C(=O)Nc2csc(-c3nncn3C3CC3)c2)cc1Br. The molecule has 0 atom stereocenters. The number of aromatic nitrogens is 3. The molecule has 2 heterocycles. The van der Waals surface area contributed by atoms with Gasteiger partial charge in [-0.3, -0.25) is 4.79 Å². The summed E-state index contributed by atoms with van der Waals surface area (Å²) < 4.78 is 13.4. The molecule has 0 radical (unpaired) electrons. The van der Waals surface area contributed by atoms with Crippen molar-refractivity contribution < 1.29 is 14.3 Å². The van der Waals surface area contributed by atoms with Gasteiger partial charge in [0.1, 0.15) is 17.8 Å². The highest BCUT2D eigenvalue weighted by atomic mass is 79.9. The first kappa shape index (κ1) is 18.0. The second-order valence-corrected chi connectivity index (χ2v) is 7.90. The highest BCUT2D eigenvalue weighted by Crippen LogP contribution is 2.39. The van der Waals surface area contributed by atoms with Gasteiger partial charge in [-0.25, -0.2) is 0 Å². The first-order valence-corrected chi connectivity index (χ1v) is 9.99. The average molecular weight is 449 g/mol. The van der Waals surface area contributed by atoms with Crippen molar-refractivity contribution in [2.24, 2.45) is 0 Å². The summed E-state index contributed by atoms with van der Waals surface area (Å²) in [4.78, 5) is 13.7. The van der Waals surface area contributed by atoms with Gasteiger partial charge in [-0.05, 0) is 40.9 Å². The quantitative estimate of drug-likeness (QED) is 0.605. The summed E-state index contributed by atoms with van der Waals surface area (Å²) in [5, 5.41) is 13.1. The number of hydrogen-bond acceptors (Lipinski definition) is 6. The lowest BCUT2D eigenvalue weighted by molar-refractivity contribution is 0.102. The van der Waals surface area contributed by atoms with Crippen LogP contribution in [0.1, 0.15) is 29.2 Å². The first-order chi connectivity index (χ1) is 13.1. The number of thiophene rings is 1. The standard InChI is InChI=1S/C18H17BrN4O3S/c1-25-14-7-15(26-2)13(19)6-12(14)18(24)21-10-5-16(27-8-10)17-22-20-9-23(17)11-3-4-11/h5-9,11H,3-4H2,1-2H3,(H,21,24). The van der Waals surface area contributed by atoms with Crippen molar-refractivity contribution in [1.82, 2.24) is 14.8 Å². The number of nitrogens with one attached hydrogen (secondary N) is 1. The lowest BCUT2D eigenvalue weighted by Crippen LogP contribution is -2.13. The van der Waals surface area contributed by atoms with Crippen LogP contribution in [0.15, 0.2) is 34.4 Å². The Morgan fingerprint density at radius 3 is 2.74 bits per heavy atom.